The van der Waals surface area contributed by atoms with Crippen LogP contribution in [-0.2, 0) is 14.8 Å². The van der Waals surface area contributed by atoms with Gasteiger partial charge in [0.1, 0.15) is 0 Å². The fraction of sp³-hybridized carbons (Fsp3) is 0.364. The first-order valence-electron chi connectivity index (χ1n) is 5.43. The molecule has 0 bridgehead atoms. The Morgan fingerprint density at radius 1 is 1.33 bits per heavy atom. The van der Waals surface area contributed by atoms with Crippen molar-refractivity contribution in [1.29, 1.82) is 0 Å². The van der Waals surface area contributed by atoms with Gasteiger partial charge < -0.3 is 10.4 Å². The summed E-state index contributed by atoms with van der Waals surface area (Å²) in [6.45, 7) is 1.34. The molecule has 100 valence electrons. The summed E-state index contributed by atoms with van der Waals surface area (Å²) in [7, 11) is -3.70. The lowest BCUT2D eigenvalue weighted by Crippen LogP contribution is -2.45. The van der Waals surface area contributed by atoms with E-state index in [0.717, 1.165) is 0 Å². The van der Waals surface area contributed by atoms with Crippen LogP contribution in [0, 0.1) is 0 Å². The SMILES string of the molecule is C[C@H](NS(=O)(=O)c1ccccc1)C(=O)NCCO. The number of benzene rings is 1. The van der Waals surface area contributed by atoms with Gasteiger partial charge in [-0.25, -0.2) is 8.42 Å². The minimum Gasteiger partial charge on any atom is -0.395 e. The number of aliphatic hydroxyl groups excluding tert-OH is 1. The Morgan fingerprint density at radius 3 is 2.50 bits per heavy atom. The highest BCUT2D eigenvalue weighted by atomic mass is 32.2. The van der Waals surface area contributed by atoms with Gasteiger partial charge in [0, 0.05) is 6.54 Å². The first-order valence-corrected chi connectivity index (χ1v) is 6.91. The van der Waals surface area contributed by atoms with Crippen molar-refractivity contribution in [2.45, 2.75) is 17.9 Å². The monoisotopic (exact) mass is 272 g/mol. The van der Waals surface area contributed by atoms with Crippen molar-refractivity contribution >= 4 is 15.9 Å². The molecule has 3 N–H and O–H groups in total. The Kier molecular flexibility index (Phi) is 5.26. The van der Waals surface area contributed by atoms with Crippen molar-refractivity contribution in [1.82, 2.24) is 10.0 Å². The van der Waals surface area contributed by atoms with E-state index in [1.165, 1.54) is 19.1 Å². The van der Waals surface area contributed by atoms with E-state index >= 15 is 0 Å². The molecular formula is C11H16N2O4S. The number of hydrogen-bond donors (Lipinski definition) is 3. The third-order valence-electron chi connectivity index (χ3n) is 2.19. The lowest BCUT2D eigenvalue weighted by atomic mass is 10.3. The number of amides is 1. The summed E-state index contributed by atoms with van der Waals surface area (Å²) in [5, 5.41) is 10.9. The fourth-order valence-electron chi connectivity index (χ4n) is 1.29. The first kappa shape index (κ1) is 14.6. The molecule has 18 heavy (non-hydrogen) atoms. The number of carbonyl (C=O) groups is 1. The largest absolute Gasteiger partial charge is 0.395 e. The van der Waals surface area contributed by atoms with Crippen LogP contribution >= 0.6 is 0 Å². The summed E-state index contributed by atoms with van der Waals surface area (Å²) in [4.78, 5) is 11.6. The molecule has 0 saturated carbocycles. The molecule has 1 amide bonds. The standard InChI is InChI=1S/C11H16N2O4S/c1-9(11(15)12-7-8-14)13-18(16,17)10-5-3-2-4-6-10/h2-6,9,13-14H,7-8H2,1H3,(H,12,15)/t9-/m0/s1. The zero-order valence-electron chi connectivity index (χ0n) is 9.96. The number of aliphatic hydroxyl groups is 1. The summed E-state index contributed by atoms with van der Waals surface area (Å²) in [5.41, 5.74) is 0. The topological polar surface area (TPSA) is 95.5 Å². The molecule has 1 atom stereocenters. The summed E-state index contributed by atoms with van der Waals surface area (Å²) in [5.74, 6) is -0.483. The van der Waals surface area contributed by atoms with E-state index in [4.69, 9.17) is 5.11 Å². The average molecular weight is 272 g/mol. The lowest BCUT2D eigenvalue weighted by Gasteiger charge is -2.13. The summed E-state index contributed by atoms with van der Waals surface area (Å²) in [6, 6.07) is 6.90. The fourth-order valence-corrected chi connectivity index (χ4v) is 2.51. The lowest BCUT2D eigenvalue weighted by molar-refractivity contribution is -0.122. The summed E-state index contributed by atoms with van der Waals surface area (Å²) < 4.78 is 26.0. The zero-order chi connectivity index (χ0) is 13.6. The van der Waals surface area contributed by atoms with Crippen LogP contribution in [0.25, 0.3) is 0 Å². The van der Waals surface area contributed by atoms with Gasteiger partial charge in [-0.2, -0.15) is 4.72 Å². The Bertz CT molecular complexity index is 487. The average Bonchev–Trinajstić information content (AvgIpc) is 2.36. The van der Waals surface area contributed by atoms with Gasteiger partial charge in [-0.05, 0) is 19.1 Å². The minimum atomic E-state index is -3.70. The van der Waals surface area contributed by atoms with Gasteiger partial charge in [-0.15, -0.1) is 0 Å². The molecule has 6 nitrogen and oxygen atoms in total. The Hall–Kier alpha value is -1.44. The van der Waals surface area contributed by atoms with Crippen LogP contribution in [0.15, 0.2) is 35.2 Å². The molecule has 0 saturated heterocycles. The Balaban J connectivity index is 2.69. The molecule has 0 unspecified atom stereocenters. The van der Waals surface area contributed by atoms with E-state index < -0.39 is 22.0 Å². The minimum absolute atomic E-state index is 0.0935. The third-order valence-corrected chi connectivity index (χ3v) is 3.75. The molecule has 0 aromatic heterocycles. The highest BCUT2D eigenvalue weighted by molar-refractivity contribution is 7.89. The van der Waals surface area contributed by atoms with Crippen LogP contribution in [0.5, 0.6) is 0 Å². The second kappa shape index (κ2) is 6.48. The van der Waals surface area contributed by atoms with Crippen molar-refractivity contribution in [2.24, 2.45) is 0 Å². The predicted octanol–water partition coefficient (Wildman–Crippen LogP) is -0.538. The molecule has 7 heteroatoms. The van der Waals surface area contributed by atoms with Crippen molar-refractivity contribution in [3.63, 3.8) is 0 Å². The van der Waals surface area contributed by atoms with E-state index in [-0.39, 0.29) is 18.0 Å². The molecule has 0 aliphatic carbocycles. The quantitative estimate of drug-likeness (QED) is 0.648. The maximum Gasteiger partial charge on any atom is 0.241 e. The molecular weight excluding hydrogens is 256 g/mol. The first-order chi connectivity index (χ1) is 8.47. The van der Waals surface area contributed by atoms with E-state index in [1.807, 2.05) is 0 Å². The molecule has 0 aliphatic rings. The van der Waals surface area contributed by atoms with Gasteiger partial charge in [-0.3, -0.25) is 4.79 Å². The highest BCUT2D eigenvalue weighted by Gasteiger charge is 2.21. The number of carbonyl (C=O) groups excluding carboxylic acids is 1. The number of nitrogens with one attached hydrogen (secondary N) is 2. The van der Waals surface area contributed by atoms with Crippen LogP contribution in [0.3, 0.4) is 0 Å². The van der Waals surface area contributed by atoms with Crippen molar-refractivity contribution in [3.8, 4) is 0 Å². The van der Waals surface area contributed by atoms with Crippen molar-refractivity contribution in [3.05, 3.63) is 30.3 Å². The maximum atomic E-state index is 11.9. The van der Waals surface area contributed by atoms with Gasteiger partial charge in [-0.1, -0.05) is 18.2 Å². The van der Waals surface area contributed by atoms with Crippen LogP contribution in [0.4, 0.5) is 0 Å². The van der Waals surface area contributed by atoms with E-state index in [9.17, 15) is 13.2 Å². The zero-order valence-corrected chi connectivity index (χ0v) is 10.8. The van der Waals surface area contributed by atoms with Gasteiger partial charge in [0.25, 0.3) is 0 Å². The van der Waals surface area contributed by atoms with E-state index in [2.05, 4.69) is 10.0 Å². The van der Waals surface area contributed by atoms with Crippen LogP contribution < -0.4 is 10.0 Å². The molecule has 0 radical (unpaired) electrons. The molecule has 0 aliphatic heterocycles. The normalized spacial score (nSPS) is 13.0. The third kappa shape index (κ3) is 4.10. The van der Waals surface area contributed by atoms with Crippen LogP contribution in [0.1, 0.15) is 6.92 Å². The van der Waals surface area contributed by atoms with Gasteiger partial charge in [0.2, 0.25) is 15.9 Å². The molecule has 0 spiro atoms. The highest BCUT2D eigenvalue weighted by Crippen LogP contribution is 2.07. The second-order valence-corrected chi connectivity index (χ2v) is 5.38. The molecule has 0 heterocycles. The molecule has 1 aromatic carbocycles. The smallest absolute Gasteiger partial charge is 0.241 e. The van der Waals surface area contributed by atoms with Crippen LogP contribution in [0.2, 0.25) is 0 Å². The Morgan fingerprint density at radius 2 is 1.94 bits per heavy atom. The van der Waals surface area contributed by atoms with Crippen LogP contribution in [-0.4, -0.2) is 38.6 Å². The Labute approximate surface area is 106 Å². The van der Waals surface area contributed by atoms with E-state index in [1.54, 1.807) is 18.2 Å². The second-order valence-electron chi connectivity index (χ2n) is 3.67. The number of hydrogen-bond acceptors (Lipinski definition) is 4. The molecule has 1 aromatic rings. The van der Waals surface area contributed by atoms with E-state index in [0.29, 0.717) is 0 Å². The van der Waals surface area contributed by atoms with Gasteiger partial charge in [0.05, 0.1) is 17.5 Å². The number of sulfonamides is 1. The maximum absolute atomic E-state index is 11.9. The molecule has 0 fully saturated rings. The van der Waals surface area contributed by atoms with Crippen molar-refractivity contribution < 1.29 is 18.3 Å². The summed E-state index contributed by atoms with van der Waals surface area (Å²) in [6.07, 6.45) is 0. The summed E-state index contributed by atoms with van der Waals surface area (Å²) >= 11 is 0. The van der Waals surface area contributed by atoms with Crippen molar-refractivity contribution in [2.75, 3.05) is 13.2 Å². The predicted molar refractivity (Wildman–Crippen MR) is 66.3 cm³/mol. The number of rotatable bonds is 6. The van der Waals surface area contributed by atoms with Gasteiger partial charge >= 0.3 is 0 Å². The van der Waals surface area contributed by atoms with Gasteiger partial charge in [0.15, 0.2) is 0 Å². The molecule has 1 rings (SSSR count).